The van der Waals surface area contributed by atoms with E-state index in [4.69, 9.17) is 11.6 Å². The topological polar surface area (TPSA) is 46.9 Å². The lowest BCUT2D eigenvalue weighted by Gasteiger charge is -2.13. The second kappa shape index (κ2) is 6.37. The number of halogens is 1. The van der Waals surface area contributed by atoms with Crippen molar-refractivity contribution in [1.29, 1.82) is 0 Å². The molecule has 0 saturated carbocycles. The van der Waals surface area contributed by atoms with Gasteiger partial charge in [-0.1, -0.05) is 35.9 Å². The molecule has 1 aliphatic rings. The molecule has 1 unspecified atom stereocenters. The van der Waals surface area contributed by atoms with Crippen LogP contribution in [0, 0.1) is 6.92 Å². The molecule has 1 aliphatic carbocycles. The van der Waals surface area contributed by atoms with Crippen molar-refractivity contribution in [3.05, 3.63) is 82.1 Å². The van der Waals surface area contributed by atoms with E-state index in [1.54, 1.807) is 4.68 Å². The summed E-state index contributed by atoms with van der Waals surface area (Å²) in [6, 6.07) is 17.5. The number of aryl methyl sites for hydroxylation is 2. The van der Waals surface area contributed by atoms with E-state index >= 15 is 0 Å². The molecule has 25 heavy (non-hydrogen) atoms. The predicted molar refractivity (Wildman–Crippen MR) is 98.3 cm³/mol. The number of fused-ring (bicyclic) bond motifs is 1. The van der Waals surface area contributed by atoms with Gasteiger partial charge in [0, 0.05) is 10.7 Å². The summed E-state index contributed by atoms with van der Waals surface area (Å²) >= 11 is 6.05. The van der Waals surface area contributed by atoms with Gasteiger partial charge in [-0.25, -0.2) is 4.68 Å². The fourth-order valence-corrected chi connectivity index (χ4v) is 3.58. The van der Waals surface area contributed by atoms with Gasteiger partial charge in [0.25, 0.3) is 5.91 Å². The Balaban J connectivity index is 1.55. The zero-order chi connectivity index (χ0) is 17.4. The van der Waals surface area contributed by atoms with Gasteiger partial charge in [-0.15, -0.1) is 0 Å². The van der Waals surface area contributed by atoms with E-state index < -0.39 is 0 Å². The normalized spacial score (nSPS) is 15.8. The number of nitrogens with zero attached hydrogens (tertiary/aromatic N) is 2. The molecule has 126 valence electrons. The van der Waals surface area contributed by atoms with Crippen molar-refractivity contribution in [2.45, 2.75) is 25.8 Å². The maximum atomic E-state index is 12.7. The van der Waals surface area contributed by atoms with E-state index in [-0.39, 0.29) is 11.9 Å². The van der Waals surface area contributed by atoms with E-state index in [9.17, 15) is 4.79 Å². The highest BCUT2D eigenvalue weighted by Crippen LogP contribution is 2.33. The first-order valence-electron chi connectivity index (χ1n) is 8.33. The first kappa shape index (κ1) is 15.9. The lowest BCUT2D eigenvalue weighted by Crippen LogP contribution is -2.27. The summed E-state index contributed by atoms with van der Waals surface area (Å²) in [7, 11) is 0. The van der Waals surface area contributed by atoms with Crippen molar-refractivity contribution < 1.29 is 4.79 Å². The average molecular weight is 352 g/mol. The zero-order valence-corrected chi connectivity index (χ0v) is 14.6. The molecule has 0 bridgehead atoms. The average Bonchev–Trinajstić information content (AvgIpc) is 3.19. The summed E-state index contributed by atoms with van der Waals surface area (Å²) in [6.45, 7) is 1.95. The maximum Gasteiger partial charge on any atom is 0.272 e. The SMILES string of the molecule is Cc1cc(C(=O)NC2CCc3cc(Cl)ccc32)nn1-c1ccccc1. The molecule has 0 fully saturated rings. The van der Waals surface area contributed by atoms with Crippen LogP contribution in [-0.4, -0.2) is 15.7 Å². The van der Waals surface area contributed by atoms with Gasteiger partial charge in [-0.05, 0) is 61.2 Å². The van der Waals surface area contributed by atoms with Gasteiger partial charge in [-0.3, -0.25) is 4.79 Å². The standard InChI is InChI=1S/C20H18ClN3O/c1-13-11-19(23-24(13)16-5-3-2-4-6-16)20(25)22-18-10-7-14-12-15(21)8-9-17(14)18/h2-6,8-9,11-12,18H,7,10H2,1H3,(H,22,25). The van der Waals surface area contributed by atoms with Crippen LogP contribution in [0.15, 0.2) is 54.6 Å². The van der Waals surface area contributed by atoms with Gasteiger partial charge >= 0.3 is 0 Å². The fraction of sp³-hybridized carbons (Fsp3) is 0.200. The predicted octanol–water partition coefficient (Wildman–Crippen LogP) is 4.25. The molecule has 1 heterocycles. The van der Waals surface area contributed by atoms with E-state index in [2.05, 4.69) is 10.4 Å². The number of benzene rings is 2. The molecule has 2 aromatic carbocycles. The number of para-hydroxylation sites is 1. The molecule has 4 nitrogen and oxygen atoms in total. The Kier molecular flexibility index (Phi) is 4.06. The maximum absolute atomic E-state index is 12.7. The molecule has 3 aromatic rings. The van der Waals surface area contributed by atoms with E-state index in [0.717, 1.165) is 34.8 Å². The first-order chi connectivity index (χ1) is 12.1. The van der Waals surface area contributed by atoms with Gasteiger partial charge in [-0.2, -0.15) is 5.10 Å². The third kappa shape index (κ3) is 3.05. The lowest BCUT2D eigenvalue weighted by molar-refractivity contribution is 0.0931. The Morgan fingerprint density at radius 1 is 1.20 bits per heavy atom. The second-order valence-electron chi connectivity index (χ2n) is 6.33. The first-order valence-corrected chi connectivity index (χ1v) is 8.71. The Morgan fingerprint density at radius 2 is 2.00 bits per heavy atom. The highest BCUT2D eigenvalue weighted by atomic mass is 35.5. The number of rotatable bonds is 3. The van der Waals surface area contributed by atoms with Crippen LogP contribution in [0.4, 0.5) is 0 Å². The van der Waals surface area contributed by atoms with E-state index in [1.165, 1.54) is 5.56 Å². The van der Waals surface area contributed by atoms with Crippen LogP contribution in [0.25, 0.3) is 5.69 Å². The molecule has 1 aromatic heterocycles. The van der Waals surface area contributed by atoms with Crippen LogP contribution >= 0.6 is 11.6 Å². The minimum Gasteiger partial charge on any atom is -0.344 e. The molecule has 0 radical (unpaired) electrons. The van der Waals surface area contributed by atoms with Gasteiger partial charge in [0.15, 0.2) is 5.69 Å². The lowest BCUT2D eigenvalue weighted by atomic mass is 10.1. The molecule has 4 rings (SSSR count). The monoisotopic (exact) mass is 351 g/mol. The number of carbonyl (C=O) groups excluding carboxylic acids is 1. The Hall–Kier alpha value is -2.59. The third-order valence-corrected chi connectivity index (χ3v) is 4.84. The highest BCUT2D eigenvalue weighted by molar-refractivity contribution is 6.30. The molecule has 1 amide bonds. The number of carbonyl (C=O) groups is 1. The Bertz CT molecular complexity index is 933. The van der Waals surface area contributed by atoms with Crippen molar-refractivity contribution in [3.63, 3.8) is 0 Å². The summed E-state index contributed by atoms with van der Waals surface area (Å²) in [6.07, 6.45) is 1.82. The van der Waals surface area contributed by atoms with Crippen LogP contribution in [0.3, 0.4) is 0 Å². The van der Waals surface area contributed by atoms with Crippen molar-refractivity contribution >= 4 is 17.5 Å². The molecule has 1 N–H and O–H groups in total. The number of amides is 1. The van der Waals surface area contributed by atoms with Crippen LogP contribution in [0.5, 0.6) is 0 Å². The third-order valence-electron chi connectivity index (χ3n) is 4.61. The van der Waals surface area contributed by atoms with Crippen molar-refractivity contribution in [3.8, 4) is 5.69 Å². The Morgan fingerprint density at radius 3 is 2.80 bits per heavy atom. The second-order valence-corrected chi connectivity index (χ2v) is 6.76. The van der Waals surface area contributed by atoms with Crippen LogP contribution in [0.2, 0.25) is 5.02 Å². The summed E-state index contributed by atoms with van der Waals surface area (Å²) in [5.41, 5.74) is 4.67. The smallest absolute Gasteiger partial charge is 0.272 e. The summed E-state index contributed by atoms with van der Waals surface area (Å²) in [5, 5.41) is 8.32. The summed E-state index contributed by atoms with van der Waals surface area (Å²) in [5.74, 6) is -0.148. The van der Waals surface area contributed by atoms with Gasteiger partial charge in [0.2, 0.25) is 0 Å². The van der Waals surface area contributed by atoms with Crippen molar-refractivity contribution in [2.24, 2.45) is 0 Å². The molecule has 0 spiro atoms. The largest absolute Gasteiger partial charge is 0.344 e. The van der Waals surface area contributed by atoms with Gasteiger partial charge in [0.05, 0.1) is 11.7 Å². The molecular weight excluding hydrogens is 334 g/mol. The van der Waals surface area contributed by atoms with E-state index in [1.807, 2.05) is 61.5 Å². The minimum absolute atomic E-state index is 0.0157. The zero-order valence-electron chi connectivity index (χ0n) is 13.9. The molecule has 1 atom stereocenters. The molecule has 0 aliphatic heterocycles. The van der Waals surface area contributed by atoms with E-state index in [0.29, 0.717) is 5.69 Å². The number of aromatic nitrogens is 2. The Labute approximate surface area is 151 Å². The van der Waals surface area contributed by atoms with Crippen molar-refractivity contribution in [2.75, 3.05) is 0 Å². The van der Waals surface area contributed by atoms with Gasteiger partial charge in [0.1, 0.15) is 0 Å². The molecule has 0 saturated heterocycles. The number of nitrogens with one attached hydrogen (secondary N) is 1. The van der Waals surface area contributed by atoms with Crippen LogP contribution < -0.4 is 5.32 Å². The fourth-order valence-electron chi connectivity index (χ4n) is 3.38. The van der Waals surface area contributed by atoms with Crippen molar-refractivity contribution in [1.82, 2.24) is 15.1 Å². The summed E-state index contributed by atoms with van der Waals surface area (Å²) in [4.78, 5) is 12.7. The molecule has 5 heteroatoms. The van der Waals surface area contributed by atoms with Crippen LogP contribution in [0.1, 0.15) is 39.8 Å². The number of hydrogen-bond donors (Lipinski definition) is 1. The quantitative estimate of drug-likeness (QED) is 0.766. The molecular formula is C20H18ClN3O. The number of hydrogen-bond acceptors (Lipinski definition) is 2. The van der Waals surface area contributed by atoms with Gasteiger partial charge < -0.3 is 5.32 Å². The minimum atomic E-state index is -0.148. The highest BCUT2D eigenvalue weighted by Gasteiger charge is 2.25. The van der Waals surface area contributed by atoms with Crippen LogP contribution in [-0.2, 0) is 6.42 Å². The summed E-state index contributed by atoms with van der Waals surface area (Å²) < 4.78 is 1.79.